The maximum Gasteiger partial charge on any atom is 0.137 e. The van der Waals surface area contributed by atoms with Gasteiger partial charge in [0.15, 0.2) is 0 Å². The van der Waals surface area contributed by atoms with Crippen LogP contribution in [0.15, 0.2) is 10.7 Å². The summed E-state index contributed by atoms with van der Waals surface area (Å²) in [5.41, 5.74) is 0. The van der Waals surface area contributed by atoms with E-state index in [0.717, 1.165) is 14.7 Å². The first kappa shape index (κ1) is 7.53. The summed E-state index contributed by atoms with van der Waals surface area (Å²) in [6.45, 7) is 3.00. The molecule has 0 saturated carbocycles. The highest BCUT2D eigenvalue weighted by Crippen LogP contribution is 2.15. The van der Waals surface area contributed by atoms with E-state index in [1.165, 1.54) is 0 Å². The van der Waals surface area contributed by atoms with Gasteiger partial charge in [0.1, 0.15) is 3.70 Å². The molecule has 0 bridgehead atoms. The van der Waals surface area contributed by atoms with E-state index in [4.69, 9.17) is 0 Å². The molecule has 50 valence electrons. The number of hydrogen-bond donors (Lipinski definition) is 0. The molecule has 0 fully saturated rings. The second-order valence-electron chi connectivity index (χ2n) is 1.62. The van der Waals surface area contributed by atoms with Crippen LogP contribution in [-0.2, 0) is 6.54 Å². The Morgan fingerprint density at radius 2 is 2.56 bits per heavy atom. The predicted octanol–water partition coefficient (Wildman–Crippen LogP) is 2.27. The van der Waals surface area contributed by atoms with Crippen molar-refractivity contribution >= 4 is 38.5 Å². The lowest BCUT2D eigenvalue weighted by molar-refractivity contribution is 0.654. The molecular formula is C5H6BrIN2. The van der Waals surface area contributed by atoms with Crippen molar-refractivity contribution in [1.29, 1.82) is 0 Å². The normalized spacial score (nSPS) is 10.1. The number of aromatic nitrogens is 2. The molecule has 0 aromatic carbocycles. The molecule has 0 aliphatic carbocycles. The largest absolute Gasteiger partial charge is 0.271 e. The molecule has 0 amide bonds. The summed E-state index contributed by atoms with van der Waals surface area (Å²) in [6.07, 6.45) is 1.97. The van der Waals surface area contributed by atoms with Crippen molar-refractivity contribution in [1.82, 2.24) is 9.78 Å². The topological polar surface area (TPSA) is 17.8 Å². The van der Waals surface area contributed by atoms with Crippen molar-refractivity contribution in [2.45, 2.75) is 13.5 Å². The van der Waals surface area contributed by atoms with Crippen LogP contribution >= 0.6 is 38.5 Å². The number of halogens is 2. The van der Waals surface area contributed by atoms with Crippen molar-refractivity contribution in [3.63, 3.8) is 0 Å². The molecule has 0 spiro atoms. The summed E-state index contributed by atoms with van der Waals surface area (Å²) < 4.78 is 3.99. The summed E-state index contributed by atoms with van der Waals surface area (Å²) in [4.78, 5) is 0. The first-order valence-corrected chi connectivity index (χ1v) is 4.49. The van der Waals surface area contributed by atoms with E-state index < -0.39 is 0 Å². The van der Waals surface area contributed by atoms with Gasteiger partial charge in [-0.3, -0.25) is 4.68 Å². The van der Waals surface area contributed by atoms with Crippen LogP contribution in [-0.4, -0.2) is 9.78 Å². The zero-order chi connectivity index (χ0) is 6.85. The van der Waals surface area contributed by atoms with Gasteiger partial charge < -0.3 is 0 Å². The highest BCUT2D eigenvalue weighted by Gasteiger charge is 1.98. The Morgan fingerprint density at radius 1 is 1.89 bits per heavy atom. The zero-order valence-corrected chi connectivity index (χ0v) is 8.68. The van der Waals surface area contributed by atoms with E-state index in [0.29, 0.717) is 0 Å². The lowest BCUT2D eigenvalue weighted by atomic mass is 10.7. The van der Waals surface area contributed by atoms with Crippen LogP contribution in [0.25, 0.3) is 0 Å². The first-order valence-electron chi connectivity index (χ1n) is 2.62. The number of hydrogen-bond acceptors (Lipinski definition) is 1. The first-order chi connectivity index (χ1) is 4.24. The van der Waals surface area contributed by atoms with Crippen LogP contribution in [0, 0.1) is 3.70 Å². The maximum absolute atomic E-state index is 4.19. The Hall–Kier alpha value is 0.420. The van der Waals surface area contributed by atoms with Crippen LogP contribution in [0.5, 0.6) is 0 Å². The number of aryl methyl sites for hydroxylation is 1. The fraction of sp³-hybridized carbons (Fsp3) is 0.400. The molecule has 0 aliphatic rings. The summed E-state index contributed by atoms with van der Waals surface area (Å²) in [5.74, 6) is 0. The standard InChI is InChI=1S/C5H6BrIN2/c1-2-9-3-4(6)5(7)8-9/h3H,2H2,1H3. The van der Waals surface area contributed by atoms with Crippen LogP contribution < -0.4 is 0 Å². The molecule has 0 N–H and O–H groups in total. The monoisotopic (exact) mass is 300 g/mol. The third kappa shape index (κ3) is 1.67. The van der Waals surface area contributed by atoms with Gasteiger partial charge in [0.05, 0.1) is 4.47 Å². The van der Waals surface area contributed by atoms with Gasteiger partial charge in [-0.05, 0) is 45.4 Å². The van der Waals surface area contributed by atoms with Crippen LogP contribution in [0.2, 0.25) is 0 Å². The second kappa shape index (κ2) is 3.01. The molecule has 1 heterocycles. The van der Waals surface area contributed by atoms with Crippen LogP contribution in [0.4, 0.5) is 0 Å². The van der Waals surface area contributed by atoms with Crippen molar-refractivity contribution in [2.24, 2.45) is 0 Å². The smallest absolute Gasteiger partial charge is 0.137 e. The Balaban J connectivity index is 2.98. The zero-order valence-electron chi connectivity index (χ0n) is 4.93. The SMILES string of the molecule is CCn1cc(Br)c(I)n1. The van der Waals surface area contributed by atoms with E-state index in [9.17, 15) is 0 Å². The fourth-order valence-corrected chi connectivity index (χ4v) is 1.27. The average Bonchev–Trinajstić information content (AvgIpc) is 2.13. The lowest BCUT2D eigenvalue weighted by Gasteiger charge is -1.88. The highest BCUT2D eigenvalue weighted by atomic mass is 127. The predicted molar refractivity (Wildman–Crippen MR) is 48.3 cm³/mol. The minimum Gasteiger partial charge on any atom is -0.271 e. The van der Waals surface area contributed by atoms with Gasteiger partial charge in [-0.15, -0.1) is 0 Å². The molecule has 0 aliphatic heterocycles. The fourth-order valence-electron chi connectivity index (χ4n) is 0.536. The van der Waals surface area contributed by atoms with Crippen LogP contribution in [0.3, 0.4) is 0 Å². The van der Waals surface area contributed by atoms with Gasteiger partial charge in [-0.1, -0.05) is 0 Å². The molecule has 0 saturated heterocycles. The van der Waals surface area contributed by atoms with Gasteiger partial charge in [0.25, 0.3) is 0 Å². The molecule has 1 rings (SSSR count). The highest BCUT2D eigenvalue weighted by molar-refractivity contribution is 14.1. The summed E-state index contributed by atoms with van der Waals surface area (Å²) in [5, 5.41) is 4.19. The lowest BCUT2D eigenvalue weighted by Crippen LogP contribution is -1.93. The van der Waals surface area contributed by atoms with Gasteiger partial charge in [0, 0.05) is 12.7 Å². The van der Waals surface area contributed by atoms with Gasteiger partial charge in [-0.25, -0.2) is 0 Å². The van der Waals surface area contributed by atoms with Crippen molar-refractivity contribution < 1.29 is 0 Å². The Labute approximate surface area is 75.9 Å². The van der Waals surface area contributed by atoms with Crippen LogP contribution in [0.1, 0.15) is 6.92 Å². The molecule has 0 atom stereocenters. The van der Waals surface area contributed by atoms with Gasteiger partial charge in [0.2, 0.25) is 0 Å². The third-order valence-electron chi connectivity index (χ3n) is 1.000. The van der Waals surface area contributed by atoms with Gasteiger partial charge in [-0.2, -0.15) is 5.10 Å². The molecule has 4 heteroatoms. The molecule has 0 unspecified atom stereocenters. The quantitative estimate of drug-likeness (QED) is 0.728. The van der Waals surface area contributed by atoms with E-state index in [-0.39, 0.29) is 0 Å². The summed E-state index contributed by atoms with van der Waals surface area (Å²) >= 11 is 5.56. The second-order valence-corrected chi connectivity index (χ2v) is 3.50. The molecule has 1 aromatic heterocycles. The Bertz CT molecular complexity index is 189. The maximum atomic E-state index is 4.19. The average molecular weight is 301 g/mol. The minimum atomic E-state index is 0.932. The molecule has 9 heavy (non-hydrogen) atoms. The van der Waals surface area contributed by atoms with E-state index in [1.807, 2.05) is 10.9 Å². The van der Waals surface area contributed by atoms with E-state index >= 15 is 0 Å². The van der Waals surface area contributed by atoms with Crippen molar-refractivity contribution in [2.75, 3.05) is 0 Å². The number of nitrogens with zero attached hydrogens (tertiary/aromatic N) is 2. The number of rotatable bonds is 1. The van der Waals surface area contributed by atoms with E-state index in [2.05, 4.69) is 50.5 Å². The Kier molecular flexibility index (Phi) is 2.51. The van der Waals surface area contributed by atoms with Crippen molar-refractivity contribution in [3.8, 4) is 0 Å². The molecule has 0 radical (unpaired) electrons. The van der Waals surface area contributed by atoms with E-state index in [1.54, 1.807) is 0 Å². The Morgan fingerprint density at radius 3 is 2.78 bits per heavy atom. The van der Waals surface area contributed by atoms with Gasteiger partial charge >= 0.3 is 0 Å². The minimum absolute atomic E-state index is 0.932. The molecular weight excluding hydrogens is 295 g/mol. The van der Waals surface area contributed by atoms with Crippen molar-refractivity contribution in [3.05, 3.63) is 14.4 Å². The third-order valence-corrected chi connectivity index (χ3v) is 3.12. The molecule has 2 nitrogen and oxygen atoms in total. The molecule has 1 aromatic rings. The summed E-state index contributed by atoms with van der Waals surface area (Å²) in [7, 11) is 0. The summed E-state index contributed by atoms with van der Waals surface area (Å²) in [6, 6.07) is 0.